The molecule has 90 valence electrons. The quantitative estimate of drug-likeness (QED) is 0.823. The predicted octanol–water partition coefficient (Wildman–Crippen LogP) is 3.38. The molecule has 18 heavy (non-hydrogen) atoms. The monoisotopic (exact) mass is 254 g/mol. The first-order valence-corrected chi connectivity index (χ1v) is 7.05. The zero-order valence-corrected chi connectivity index (χ0v) is 10.9. The Morgan fingerprint density at radius 1 is 1.33 bits per heavy atom. The summed E-state index contributed by atoms with van der Waals surface area (Å²) in [6, 6.07) is 11.1. The van der Waals surface area contributed by atoms with Crippen molar-refractivity contribution in [3.8, 4) is 6.07 Å². The van der Waals surface area contributed by atoms with Crippen LogP contribution < -0.4 is 0 Å². The zero-order valence-electron chi connectivity index (χ0n) is 10.1. The normalized spacial score (nSPS) is 22.2. The largest absolute Gasteiger partial charge is 0.253 e. The molecule has 1 unspecified atom stereocenters. The number of rotatable bonds is 2. The van der Waals surface area contributed by atoms with Gasteiger partial charge in [-0.1, -0.05) is 24.3 Å². The molecule has 0 amide bonds. The summed E-state index contributed by atoms with van der Waals surface area (Å²) in [5, 5.41) is 9.60. The van der Waals surface area contributed by atoms with Crippen molar-refractivity contribution in [2.75, 3.05) is 0 Å². The molecule has 2 nitrogen and oxygen atoms in total. The molecule has 3 rings (SSSR count). The van der Waals surface area contributed by atoms with E-state index in [1.807, 2.05) is 11.7 Å². The van der Waals surface area contributed by atoms with Gasteiger partial charge < -0.3 is 0 Å². The van der Waals surface area contributed by atoms with Gasteiger partial charge >= 0.3 is 0 Å². The fraction of sp³-hybridized carbons (Fsp3) is 0.333. The fourth-order valence-corrected chi connectivity index (χ4v) is 3.49. The summed E-state index contributed by atoms with van der Waals surface area (Å²) in [7, 11) is 0. The number of aryl methyl sites for hydroxylation is 1. The molecule has 1 aromatic carbocycles. The maximum absolute atomic E-state index is 9.60. The van der Waals surface area contributed by atoms with E-state index in [9.17, 15) is 5.26 Å². The highest BCUT2D eigenvalue weighted by Gasteiger charge is 2.35. The lowest BCUT2D eigenvalue weighted by Crippen LogP contribution is -2.29. The van der Waals surface area contributed by atoms with Gasteiger partial charge in [0.05, 0.1) is 17.0 Å². The van der Waals surface area contributed by atoms with Crippen LogP contribution in [0, 0.1) is 16.7 Å². The van der Waals surface area contributed by atoms with E-state index >= 15 is 0 Å². The third-order valence-corrected chi connectivity index (χ3v) is 4.53. The van der Waals surface area contributed by atoms with Crippen molar-refractivity contribution in [3.05, 3.63) is 52.0 Å². The van der Waals surface area contributed by atoms with Crippen molar-refractivity contribution in [1.29, 1.82) is 5.26 Å². The molecule has 1 aliphatic carbocycles. The molecule has 1 aromatic heterocycles. The van der Waals surface area contributed by atoms with Gasteiger partial charge in [0, 0.05) is 17.5 Å². The Bertz CT molecular complexity index is 583. The fourth-order valence-electron chi connectivity index (χ4n) is 2.75. The summed E-state index contributed by atoms with van der Waals surface area (Å²) in [5.41, 5.74) is 4.36. The standard InChI is InChI=1S/C15H14N2S/c16-10-15(8-14-9-17-11-18-14)6-5-12-3-1-2-4-13(12)7-15/h1-4,9,11H,5-8H2. The first-order valence-electron chi connectivity index (χ1n) is 6.17. The summed E-state index contributed by atoms with van der Waals surface area (Å²) < 4.78 is 0. The highest BCUT2D eigenvalue weighted by molar-refractivity contribution is 7.09. The van der Waals surface area contributed by atoms with Crippen LogP contribution in [0.1, 0.15) is 22.4 Å². The third kappa shape index (κ3) is 2.04. The number of benzene rings is 1. The molecule has 0 radical (unpaired) electrons. The van der Waals surface area contributed by atoms with Gasteiger partial charge in [-0.05, 0) is 30.4 Å². The van der Waals surface area contributed by atoms with Gasteiger partial charge in [0.25, 0.3) is 0 Å². The highest BCUT2D eigenvalue weighted by atomic mass is 32.1. The molecule has 0 spiro atoms. The number of thiazole rings is 1. The summed E-state index contributed by atoms with van der Waals surface area (Å²) in [4.78, 5) is 5.32. The number of hydrogen-bond donors (Lipinski definition) is 0. The molecule has 0 aliphatic heterocycles. The molecule has 1 aliphatic rings. The maximum atomic E-state index is 9.60. The Morgan fingerprint density at radius 2 is 2.17 bits per heavy atom. The number of hydrogen-bond acceptors (Lipinski definition) is 3. The average Bonchev–Trinajstić information content (AvgIpc) is 2.91. The van der Waals surface area contributed by atoms with Crippen molar-refractivity contribution >= 4 is 11.3 Å². The second-order valence-corrected chi connectivity index (χ2v) is 5.95. The Morgan fingerprint density at radius 3 is 2.89 bits per heavy atom. The van der Waals surface area contributed by atoms with Gasteiger partial charge in [-0.15, -0.1) is 11.3 Å². The van der Waals surface area contributed by atoms with Crippen molar-refractivity contribution in [2.24, 2.45) is 5.41 Å². The zero-order chi connectivity index (χ0) is 12.4. The molecule has 1 atom stereocenters. The first-order chi connectivity index (χ1) is 8.81. The van der Waals surface area contributed by atoms with E-state index in [1.54, 1.807) is 11.3 Å². The average molecular weight is 254 g/mol. The lowest BCUT2D eigenvalue weighted by molar-refractivity contribution is 0.342. The number of aromatic nitrogens is 1. The van der Waals surface area contributed by atoms with Gasteiger partial charge in [-0.3, -0.25) is 4.98 Å². The van der Waals surface area contributed by atoms with Gasteiger partial charge in [-0.25, -0.2) is 0 Å². The van der Waals surface area contributed by atoms with Crippen LogP contribution >= 0.6 is 11.3 Å². The molecule has 0 fully saturated rings. The number of nitriles is 1. The highest BCUT2D eigenvalue weighted by Crippen LogP contribution is 2.38. The van der Waals surface area contributed by atoms with Crippen LogP contribution in [-0.4, -0.2) is 4.98 Å². The third-order valence-electron chi connectivity index (χ3n) is 3.75. The minimum Gasteiger partial charge on any atom is -0.253 e. The Hall–Kier alpha value is -1.66. The van der Waals surface area contributed by atoms with Gasteiger partial charge in [0.15, 0.2) is 0 Å². The predicted molar refractivity (Wildman–Crippen MR) is 72.3 cm³/mol. The van der Waals surface area contributed by atoms with Crippen LogP contribution in [0.4, 0.5) is 0 Å². The smallest absolute Gasteiger partial charge is 0.0794 e. The molecule has 0 bridgehead atoms. The van der Waals surface area contributed by atoms with Crippen molar-refractivity contribution in [2.45, 2.75) is 25.7 Å². The molecule has 0 N–H and O–H groups in total. The molecule has 0 saturated heterocycles. The summed E-state index contributed by atoms with van der Waals surface area (Å²) in [5.74, 6) is 0. The Balaban J connectivity index is 1.89. The van der Waals surface area contributed by atoms with Crippen LogP contribution in [0.25, 0.3) is 0 Å². The first kappa shape index (κ1) is 11.4. The van der Waals surface area contributed by atoms with Crippen LogP contribution in [0.3, 0.4) is 0 Å². The van der Waals surface area contributed by atoms with Crippen molar-refractivity contribution in [3.63, 3.8) is 0 Å². The van der Waals surface area contributed by atoms with Gasteiger partial charge in [0.2, 0.25) is 0 Å². The number of nitrogens with zero attached hydrogens (tertiary/aromatic N) is 2. The molecule has 1 heterocycles. The Labute approximate surface area is 111 Å². The lowest BCUT2D eigenvalue weighted by Gasteiger charge is -2.31. The summed E-state index contributed by atoms with van der Waals surface area (Å²) in [6.45, 7) is 0. The summed E-state index contributed by atoms with van der Waals surface area (Å²) >= 11 is 1.65. The van der Waals surface area contributed by atoms with Crippen LogP contribution in [0.5, 0.6) is 0 Å². The second kappa shape index (κ2) is 4.55. The van der Waals surface area contributed by atoms with E-state index in [-0.39, 0.29) is 5.41 Å². The molecular weight excluding hydrogens is 240 g/mol. The Kier molecular flexibility index (Phi) is 2.89. The van der Waals surface area contributed by atoms with Crippen molar-refractivity contribution in [1.82, 2.24) is 4.98 Å². The van der Waals surface area contributed by atoms with Crippen LogP contribution in [-0.2, 0) is 19.3 Å². The second-order valence-electron chi connectivity index (χ2n) is 4.98. The van der Waals surface area contributed by atoms with E-state index in [4.69, 9.17) is 0 Å². The van der Waals surface area contributed by atoms with Crippen LogP contribution in [0.2, 0.25) is 0 Å². The molecule has 3 heteroatoms. The SMILES string of the molecule is N#CC1(Cc2cncs2)CCc2ccccc2C1. The minimum absolute atomic E-state index is 0.235. The van der Waals surface area contributed by atoms with E-state index < -0.39 is 0 Å². The van der Waals surface area contributed by atoms with E-state index in [0.29, 0.717) is 0 Å². The maximum Gasteiger partial charge on any atom is 0.0794 e. The molecule has 0 saturated carbocycles. The molecular formula is C15H14N2S. The van der Waals surface area contributed by atoms with Gasteiger partial charge in [0.1, 0.15) is 0 Å². The van der Waals surface area contributed by atoms with E-state index in [1.165, 1.54) is 16.0 Å². The topological polar surface area (TPSA) is 36.7 Å². The number of fused-ring (bicyclic) bond motifs is 1. The van der Waals surface area contributed by atoms with E-state index in [2.05, 4.69) is 35.3 Å². The molecule has 2 aromatic rings. The lowest BCUT2D eigenvalue weighted by atomic mass is 9.70. The van der Waals surface area contributed by atoms with Gasteiger partial charge in [-0.2, -0.15) is 5.26 Å². The summed E-state index contributed by atoms with van der Waals surface area (Å²) in [6.07, 6.45) is 5.57. The van der Waals surface area contributed by atoms with E-state index in [0.717, 1.165) is 25.7 Å². The van der Waals surface area contributed by atoms with Crippen LogP contribution in [0.15, 0.2) is 36.0 Å². The minimum atomic E-state index is -0.235. The van der Waals surface area contributed by atoms with Crippen molar-refractivity contribution < 1.29 is 0 Å².